The molecule has 0 rings (SSSR count). The van der Waals surface area contributed by atoms with E-state index in [1.54, 1.807) is 0 Å². The van der Waals surface area contributed by atoms with E-state index < -0.39 is 6.10 Å². The van der Waals surface area contributed by atoms with Crippen LogP contribution >= 0.6 is 0 Å². The standard InChI is InChI=1S/C71H118O6/c1-4-7-10-13-16-19-21-23-25-27-29-31-32-33-34-35-36-37-38-40-41-43-45-47-49-52-55-58-61-64-70(73)76-67-68(66-75-69(72)63-60-57-54-51-18-15-12-9-6-3)77-71(74)65-62-59-56-53-50-48-46-44-42-39-30-28-26-24-22-20-17-14-11-8-5-2/h7-8,10-11,16-17,19-20,23-26,29-31,39,44,46,50,53,68H,4-6,9,12-15,18,21-22,27-28,32-38,40-43,45,47-49,51-52,54-67H2,1-3H3/b10-7-,11-8-,19-16-,20-17-,25-23-,26-24-,31-29-,39-30-,46-44-,53-50-. The number of carbonyl (C=O) groups excluding carboxylic acids is 3. The van der Waals surface area contributed by atoms with Crippen LogP contribution in [0.15, 0.2) is 122 Å². The molecule has 0 fully saturated rings. The number of ether oxygens (including phenoxy) is 3. The molecule has 0 bridgehead atoms. The van der Waals surface area contributed by atoms with E-state index in [4.69, 9.17) is 14.2 Å². The summed E-state index contributed by atoms with van der Waals surface area (Å²) in [6.45, 7) is 6.37. The predicted molar refractivity (Wildman–Crippen MR) is 334 cm³/mol. The minimum Gasteiger partial charge on any atom is -0.462 e. The molecular weight excluding hydrogens is 949 g/mol. The van der Waals surface area contributed by atoms with Gasteiger partial charge in [0.1, 0.15) is 13.2 Å². The van der Waals surface area contributed by atoms with Gasteiger partial charge in [0.05, 0.1) is 0 Å². The third-order valence-corrected chi connectivity index (χ3v) is 13.5. The molecule has 0 spiro atoms. The molecule has 0 amide bonds. The van der Waals surface area contributed by atoms with Crippen molar-refractivity contribution in [3.63, 3.8) is 0 Å². The Morgan fingerprint density at radius 1 is 0.273 bits per heavy atom. The Morgan fingerprint density at radius 3 is 0.818 bits per heavy atom. The zero-order valence-corrected chi connectivity index (χ0v) is 50.2. The van der Waals surface area contributed by atoms with Crippen LogP contribution in [0.4, 0.5) is 0 Å². The predicted octanol–water partition coefficient (Wildman–Crippen LogP) is 22.0. The van der Waals surface area contributed by atoms with Crippen molar-refractivity contribution in [3.8, 4) is 0 Å². The molecule has 0 aliphatic rings. The Labute approximate surface area is 475 Å². The lowest BCUT2D eigenvalue weighted by molar-refractivity contribution is -0.167. The lowest BCUT2D eigenvalue weighted by Gasteiger charge is -2.18. The third-order valence-electron chi connectivity index (χ3n) is 13.5. The summed E-state index contributed by atoms with van der Waals surface area (Å²) < 4.78 is 16.8. The van der Waals surface area contributed by atoms with Gasteiger partial charge in [-0.25, -0.2) is 0 Å². The topological polar surface area (TPSA) is 78.9 Å². The molecule has 0 aromatic rings. The summed E-state index contributed by atoms with van der Waals surface area (Å²) in [6, 6.07) is 0. The molecular formula is C71H118O6. The van der Waals surface area contributed by atoms with Gasteiger partial charge in [-0.2, -0.15) is 0 Å². The summed E-state index contributed by atoms with van der Waals surface area (Å²) in [6.07, 6.45) is 89.4. The minimum atomic E-state index is -0.801. The molecule has 6 nitrogen and oxygen atoms in total. The number of esters is 3. The first-order chi connectivity index (χ1) is 38.0. The maximum Gasteiger partial charge on any atom is 0.306 e. The second-order valence-corrected chi connectivity index (χ2v) is 20.9. The highest BCUT2D eigenvalue weighted by Gasteiger charge is 2.19. The summed E-state index contributed by atoms with van der Waals surface area (Å²) in [5.74, 6) is -0.936. The molecule has 0 radical (unpaired) electrons. The number of hydrogen-bond donors (Lipinski definition) is 0. The van der Waals surface area contributed by atoms with Gasteiger partial charge in [0.2, 0.25) is 0 Å². The van der Waals surface area contributed by atoms with Gasteiger partial charge in [-0.05, 0) is 109 Å². The summed E-state index contributed by atoms with van der Waals surface area (Å²) in [7, 11) is 0. The minimum absolute atomic E-state index is 0.0948. The van der Waals surface area contributed by atoms with Crippen molar-refractivity contribution in [1.82, 2.24) is 0 Å². The number of hydrogen-bond acceptors (Lipinski definition) is 6. The lowest BCUT2D eigenvalue weighted by atomic mass is 10.0. The Balaban J connectivity index is 4.24. The highest BCUT2D eigenvalue weighted by Crippen LogP contribution is 2.16. The van der Waals surface area contributed by atoms with Gasteiger partial charge >= 0.3 is 17.9 Å². The first kappa shape index (κ1) is 72.8. The molecule has 0 aliphatic heterocycles. The van der Waals surface area contributed by atoms with Crippen LogP contribution in [0.2, 0.25) is 0 Å². The smallest absolute Gasteiger partial charge is 0.306 e. The molecule has 0 aliphatic carbocycles. The summed E-state index contributed by atoms with van der Waals surface area (Å²) in [4.78, 5) is 38.2. The van der Waals surface area contributed by atoms with Gasteiger partial charge in [-0.3, -0.25) is 14.4 Å². The average molecular weight is 1070 g/mol. The van der Waals surface area contributed by atoms with E-state index in [2.05, 4.69) is 142 Å². The fraction of sp³-hybridized carbons (Fsp3) is 0.676. The Bertz CT molecular complexity index is 1600. The van der Waals surface area contributed by atoms with E-state index in [-0.39, 0.29) is 37.5 Å². The molecule has 1 unspecified atom stereocenters. The zero-order chi connectivity index (χ0) is 55.7. The maximum absolute atomic E-state index is 12.9. The van der Waals surface area contributed by atoms with Crippen LogP contribution in [0.1, 0.15) is 290 Å². The van der Waals surface area contributed by atoms with Gasteiger partial charge in [0.15, 0.2) is 6.10 Å². The van der Waals surface area contributed by atoms with Crippen molar-refractivity contribution in [2.24, 2.45) is 0 Å². The molecule has 6 heteroatoms. The van der Waals surface area contributed by atoms with Crippen LogP contribution in [0.25, 0.3) is 0 Å². The van der Waals surface area contributed by atoms with Crippen molar-refractivity contribution in [3.05, 3.63) is 122 Å². The van der Waals surface area contributed by atoms with Crippen molar-refractivity contribution in [1.29, 1.82) is 0 Å². The highest BCUT2D eigenvalue weighted by atomic mass is 16.6. The van der Waals surface area contributed by atoms with E-state index in [0.717, 1.165) is 116 Å². The summed E-state index contributed by atoms with van der Waals surface area (Å²) >= 11 is 0. The average Bonchev–Trinajstić information content (AvgIpc) is 3.43. The van der Waals surface area contributed by atoms with Crippen molar-refractivity contribution in [2.75, 3.05) is 13.2 Å². The van der Waals surface area contributed by atoms with E-state index in [9.17, 15) is 14.4 Å². The number of carbonyl (C=O) groups is 3. The maximum atomic E-state index is 12.9. The fourth-order valence-corrected chi connectivity index (χ4v) is 8.73. The van der Waals surface area contributed by atoms with Crippen LogP contribution < -0.4 is 0 Å². The quantitative estimate of drug-likeness (QED) is 0.0261. The van der Waals surface area contributed by atoms with E-state index >= 15 is 0 Å². The monoisotopic (exact) mass is 1070 g/mol. The Kier molecular flexibility index (Phi) is 60.8. The molecule has 0 aromatic heterocycles. The second-order valence-electron chi connectivity index (χ2n) is 20.9. The molecule has 0 aromatic carbocycles. The fourth-order valence-electron chi connectivity index (χ4n) is 8.73. The molecule has 0 saturated heterocycles. The van der Waals surface area contributed by atoms with Gasteiger partial charge < -0.3 is 14.2 Å². The molecule has 438 valence electrons. The molecule has 0 heterocycles. The van der Waals surface area contributed by atoms with Crippen LogP contribution in [0.5, 0.6) is 0 Å². The van der Waals surface area contributed by atoms with Crippen LogP contribution in [0.3, 0.4) is 0 Å². The zero-order valence-electron chi connectivity index (χ0n) is 50.2. The largest absolute Gasteiger partial charge is 0.462 e. The van der Waals surface area contributed by atoms with Gasteiger partial charge in [0.25, 0.3) is 0 Å². The molecule has 77 heavy (non-hydrogen) atoms. The van der Waals surface area contributed by atoms with Crippen molar-refractivity contribution >= 4 is 17.9 Å². The van der Waals surface area contributed by atoms with E-state index in [0.29, 0.717) is 19.3 Å². The first-order valence-corrected chi connectivity index (χ1v) is 32.0. The highest BCUT2D eigenvalue weighted by molar-refractivity contribution is 5.71. The first-order valence-electron chi connectivity index (χ1n) is 32.0. The van der Waals surface area contributed by atoms with Crippen molar-refractivity contribution in [2.45, 2.75) is 297 Å². The van der Waals surface area contributed by atoms with E-state index in [1.807, 2.05) is 0 Å². The lowest BCUT2D eigenvalue weighted by Crippen LogP contribution is -2.30. The SMILES string of the molecule is CC/C=C\C/C=C\C/C=C\C/C=C\C/C=C\C/C=C\CCCCC(=O)OC(COC(=O)CCCCCCCCCCC)COC(=O)CCCCCCCCCCCCCCCCCC/C=C\C/C=C\C/C=C\C/C=C\CC. The Morgan fingerprint density at radius 2 is 0.506 bits per heavy atom. The van der Waals surface area contributed by atoms with Gasteiger partial charge in [-0.1, -0.05) is 284 Å². The number of unbranched alkanes of at least 4 members (excludes halogenated alkanes) is 26. The number of allylic oxidation sites excluding steroid dienone is 20. The normalized spacial score (nSPS) is 12.9. The van der Waals surface area contributed by atoms with Crippen LogP contribution in [-0.2, 0) is 28.6 Å². The third kappa shape index (κ3) is 62.5. The van der Waals surface area contributed by atoms with Crippen LogP contribution in [-0.4, -0.2) is 37.2 Å². The van der Waals surface area contributed by atoms with Crippen molar-refractivity contribution < 1.29 is 28.6 Å². The second kappa shape index (κ2) is 64.3. The van der Waals surface area contributed by atoms with Gasteiger partial charge in [0, 0.05) is 19.3 Å². The van der Waals surface area contributed by atoms with E-state index in [1.165, 1.54) is 128 Å². The van der Waals surface area contributed by atoms with Gasteiger partial charge in [-0.15, -0.1) is 0 Å². The Hall–Kier alpha value is -4.19. The molecule has 0 saturated carbocycles. The number of rotatable bonds is 57. The van der Waals surface area contributed by atoms with Crippen LogP contribution in [0, 0.1) is 0 Å². The molecule has 0 N–H and O–H groups in total. The summed E-state index contributed by atoms with van der Waals surface area (Å²) in [5, 5.41) is 0. The molecule has 1 atom stereocenters. The summed E-state index contributed by atoms with van der Waals surface area (Å²) in [5.41, 5.74) is 0.